The number of hydrogen-bond acceptors (Lipinski definition) is 8. The van der Waals surface area contributed by atoms with Gasteiger partial charge < -0.3 is 25.4 Å². The first kappa shape index (κ1) is 20.3. The maximum Gasteiger partial charge on any atom is 0.234 e. The second-order valence-corrected chi connectivity index (χ2v) is 6.73. The lowest BCUT2D eigenvalue weighted by molar-refractivity contribution is -0.113. The van der Waals surface area contributed by atoms with Crippen LogP contribution >= 0.6 is 11.8 Å². The van der Waals surface area contributed by atoms with Gasteiger partial charge in [-0.2, -0.15) is 0 Å². The van der Waals surface area contributed by atoms with Gasteiger partial charge in [-0.15, -0.1) is 10.2 Å². The molecule has 3 rings (SSSR count). The molecular weight excluding hydrogens is 394 g/mol. The summed E-state index contributed by atoms with van der Waals surface area (Å²) in [6.07, 6.45) is 0. The zero-order valence-corrected chi connectivity index (χ0v) is 17.0. The van der Waals surface area contributed by atoms with Crippen molar-refractivity contribution in [2.24, 2.45) is 0 Å². The number of nitrogen functional groups attached to an aromatic ring is 1. The van der Waals surface area contributed by atoms with E-state index in [1.807, 2.05) is 12.1 Å². The molecule has 0 radical (unpaired) electrons. The van der Waals surface area contributed by atoms with E-state index in [-0.39, 0.29) is 11.7 Å². The number of carbonyl (C=O) groups excluding carboxylic acids is 1. The van der Waals surface area contributed by atoms with Gasteiger partial charge in [0.15, 0.2) is 17.3 Å². The summed E-state index contributed by atoms with van der Waals surface area (Å²) in [5, 5.41) is 11.4. The molecule has 0 aliphatic rings. The number of para-hydroxylation sites is 2. The van der Waals surface area contributed by atoms with Crippen molar-refractivity contribution in [1.82, 2.24) is 14.9 Å². The Hall–Kier alpha value is -3.40. The lowest BCUT2D eigenvalue weighted by atomic mass is 10.2. The molecule has 29 heavy (non-hydrogen) atoms. The number of nitrogens with two attached hydrogens (primary N) is 1. The predicted octanol–water partition coefficient (Wildman–Crippen LogP) is 2.42. The third-order valence-electron chi connectivity index (χ3n) is 4.02. The number of thioether (sulfide) groups is 1. The summed E-state index contributed by atoms with van der Waals surface area (Å²) in [5.74, 6) is 8.21. The number of ether oxygens (including phenoxy) is 3. The molecule has 0 saturated heterocycles. The smallest absolute Gasteiger partial charge is 0.234 e. The number of rotatable bonds is 8. The fourth-order valence-electron chi connectivity index (χ4n) is 2.61. The Bertz CT molecular complexity index is 1010. The number of benzene rings is 2. The van der Waals surface area contributed by atoms with Crippen LogP contribution in [0.1, 0.15) is 0 Å². The minimum atomic E-state index is -0.213. The first-order valence-corrected chi connectivity index (χ1v) is 9.54. The Morgan fingerprint density at radius 3 is 2.48 bits per heavy atom. The number of aromatic nitrogens is 3. The van der Waals surface area contributed by atoms with Gasteiger partial charge >= 0.3 is 0 Å². The van der Waals surface area contributed by atoms with E-state index in [4.69, 9.17) is 20.1 Å². The summed E-state index contributed by atoms with van der Waals surface area (Å²) < 4.78 is 17.1. The summed E-state index contributed by atoms with van der Waals surface area (Å²) >= 11 is 1.18. The van der Waals surface area contributed by atoms with E-state index in [2.05, 4.69) is 15.5 Å². The van der Waals surface area contributed by atoms with E-state index in [1.54, 1.807) is 51.7 Å². The Morgan fingerprint density at radius 1 is 1.03 bits per heavy atom. The average Bonchev–Trinajstić information content (AvgIpc) is 3.12. The molecule has 0 spiro atoms. The number of carbonyl (C=O) groups is 1. The molecule has 0 atom stereocenters. The molecule has 0 aliphatic carbocycles. The van der Waals surface area contributed by atoms with Crippen molar-refractivity contribution in [1.29, 1.82) is 0 Å². The summed E-state index contributed by atoms with van der Waals surface area (Å²) in [5.41, 5.74) is 1.31. The van der Waals surface area contributed by atoms with Crippen LogP contribution in [0.3, 0.4) is 0 Å². The molecule has 0 fully saturated rings. The molecule has 0 unspecified atom stereocenters. The van der Waals surface area contributed by atoms with Crippen molar-refractivity contribution < 1.29 is 19.0 Å². The molecule has 0 saturated carbocycles. The maximum absolute atomic E-state index is 12.3. The number of amides is 1. The molecule has 3 N–H and O–H groups in total. The molecule has 3 aromatic rings. The topological polar surface area (TPSA) is 114 Å². The highest BCUT2D eigenvalue weighted by Crippen LogP contribution is 2.32. The average molecular weight is 415 g/mol. The second kappa shape index (κ2) is 9.20. The Balaban J connectivity index is 1.69. The predicted molar refractivity (Wildman–Crippen MR) is 111 cm³/mol. The summed E-state index contributed by atoms with van der Waals surface area (Å²) in [7, 11) is 4.66. The van der Waals surface area contributed by atoms with Crippen LogP contribution in [0.5, 0.6) is 17.2 Å². The molecule has 1 aromatic heterocycles. The van der Waals surface area contributed by atoms with Gasteiger partial charge in [0.25, 0.3) is 0 Å². The van der Waals surface area contributed by atoms with Crippen LogP contribution in [0.15, 0.2) is 47.6 Å². The van der Waals surface area contributed by atoms with Gasteiger partial charge in [0, 0.05) is 5.56 Å². The van der Waals surface area contributed by atoms with Crippen molar-refractivity contribution in [2.75, 3.05) is 38.2 Å². The van der Waals surface area contributed by atoms with Crippen LogP contribution in [0.4, 0.5) is 5.69 Å². The molecule has 1 amide bonds. The van der Waals surface area contributed by atoms with Gasteiger partial charge in [-0.25, -0.2) is 4.68 Å². The molecule has 10 heteroatoms. The van der Waals surface area contributed by atoms with Crippen LogP contribution in [-0.4, -0.2) is 47.9 Å². The van der Waals surface area contributed by atoms with E-state index in [0.717, 1.165) is 0 Å². The van der Waals surface area contributed by atoms with E-state index >= 15 is 0 Å². The Labute approximate surface area is 172 Å². The second-order valence-electron chi connectivity index (χ2n) is 5.78. The van der Waals surface area contributed by atoms with Crippen molar-refractivity contribution in [2.45, 2.75) is 5.16 Å². The van der Waals surface area contributed by atoms with Crippen LogP contribution in [0.2, 0.25) is 0 Å². The van der Waals surface area contributed by atoms with E-state index in [0.29, 0.717) is 39.5 Å². The highest BCUT2D eigenvalue weighted by atomic mass is 32.2. The van der Waals surface area contributed by atoms with Gasteiger partial charge in [-0.3, -0.25) is 4.79 Å². The van der Waals surface area contributed by atoms with Gasteiger partial charge in [-0.1, -0.05) is 23.9 Å². The Kier molecular flexibility index (Phi) is 6.45. The lowest BCUT2D eigenvalue weighted by Crippen LogP contribution is -2.16. The summed E-state index contributed by atoms with van der Waals surface area (Å²) in [4.78, 5) is 12.3. The number of nitrogens with one attached hydrogen (secondary N) is 1. The zero-order valence-electron chi connectivity index (χ0n) is 16.2. The maximum atomic E-state index is 12.3. The van der Waals surface area contributed by atoms with Crippen molar-refractivity contribution >= 4 is 23.4 Å². The first-order chi connectivity index (χ1) is 14.1. The van der Waals surface area contributed by atoms with Crippen molar-refractivity contribution in [3.63, 3.8) is 0 Å². The summed E-state index contributed by atoms with van der Waals surface area (Å²) in [6, 6.07) is 12.5. The van der Waals surface area contributed by atoms with Gasteiger partial charge in [-0.05, 0) is 30.3 Å². The third-order valence-corrected chi connectivity index (χ3v) is 4.96. The fraction of sp³-hybridized carbons (Fsp3) is 0.211. The molecule has 2 aromatic carbocycles. The van der Waals surface area contributed by atoms with E-state index < -0.39 is 0 Å². The molecule has 0 bridgehead atoms. The summed E-state index contributed by atoms with van der Waals surface area (Å²) in [6.45, 7) is 0. The van der Waals surface area contributed by atoms with Crippen molar-refractivity contribution in [3.8, 4) is 28.6 Å². The molecule has 152 valence electrons. The monoisotopic (exact) mass is 415 g/mol. The van der Waals surface area contributed by atoms with E-state index in [9.17, 15) is 4.79 Å². The number of nitrogens with zero attached hydrogens (tertiary/aromatic N) is 3. The van der Waals surface area contributed by atoms with Gasteiger partial charge in [0.1, 0.15) is 5.75 Å². The van der Waals surface area contributed by atoms with E-state index in [1.165, 1.54) is 16.4 Å². The lowest BCUT2D eigenvalue weighted by Gasteiger charge is -2.10. The normalized spacial score (nSPS) is 10.4. The van der Waals surface area contributed by atoms with Crippen LogP contribution in [0.25, 0.3) is 11.4 Å². The number of methoxy groups -OCH3 is 3. The van der Waals surface area contributed by atoms with Gasteiger partial charge in [0.2, 0.25) is 11.1 Å². The van der Waals surface area contributed by atoms with Crippen LogP contribution < -0.4 is 25.4 Å². The molecule has 9 nitrogen and oxygen atoms in total. The minimum Gasteiger partial charge on any atom is -0.495 e. The van der Waals surface area contributed by atoms with Crippen molar-refractivity contribution in [3.05, 3.63) is 42.5 Å². The highest BCUT2D eigenvalue weighted by molar-refractivity contribution is 7.99. The standard InChI is InChI=1S/C19H21N5O4S/c1-26-14-7-5-4-6-13(14)21-17(25)11-29-19-23-22-18(24(19)20)12-8-9-15(27-2)16(10-12)28-3/h4-10H,11,20H2,1-3H3,(H,21,25). The SMILES string of the molecule is COc1ccccc1NC(=O)CSc1nnc(-c2ccc(OC)c(OC)c2)n1N. The highest BCUT2D eigenvalue weighted by Gasteiger charge is 2.16. The fourth-order valence-corrected chi connectivity index (χ4v) is 3.27. The number of anilines is 1. The van der Waals surface area contributed by atoms with Gasteiger partial charge in [0.05, 0.1) is 32.8 Å². The minimum absolute atomic E-state index is 0.110. The van der Waals surface area contributed by atoms with Crippen LogP contribution in [0, 0.1) is 0 Å². The third kappa shape index (κ3) is 4.54. The quantitative estimate of drug-likeness (QED) is 0.426. The molecule has 0 aliphatic heterocycles. The number of hydrogen-bond donors (Lipinski definition) is 2. The van der Waals surface area contributed by atoms with Crippen LogP contribution in [-0.2, 0) is 4.79 Å². The Morgan fingerprint density at radius 2 is 1.76 bits per heavy atom. The molecular formula is C19H21N5O4S. The zero-order chi connectivity index (χ0) is 20.8. The first-order valence-electron chi connectivity index (χ1n) is 8.56. The molecule has 1 heterocycles. The largest absolute Gasteiger partial charge is 0.495 e.